The van der Waals surface area contributed by atoms with Crippen molar-refractivity contribution in [2.24, 2.45) is 5.92 Å². The van der Waals surface area contributed by atoms with Crippen LogP contribution in [0.3, 0.4) is 0 Å². The van der Waals surface area contributed by atoms with Crippen LogP contribution < -0.4 is 15.0 Å². The number of thiophene rings is 1. The van der Waals surface area contributed by atoms with Crippen LogP contribution in [0.2, 0.25) is 0 Å². The number of aromatic carboxylic acids is 1. The Balaban J connectivity index is 1.90. The first-order valence-corrected chi connectivity index (χ1v) is 11.6. The molecule has 1 saturated carbocycles. The van der Waals surface area contributed by atoms with Crippen molar-refractivity contribution in [2.75, 3.05) is 24.6 Å². The number of rotatable bonds is 9. The molecule has 1 aromatic heterocycles. The predicted molar refractivity (Wildman–Crippen MR) is 123 cm³/mol. The van der Waals surface area contributed by atoms with Crippen molar-refractivity contribution in [2.45, 2.75) is 39.0 Å². The number of amides is 2. The molecular weight excluding hydrogens is 432 g/mol. The third-order valence-electron chi connectivity index (χ3n) is 5.42. The lowest BCUT2D eigenvalue weighted by atomic mass is 9.89. The van der Waals surface area contributed by atoms with Gasteiger partial charge in [0.1, 0.15) is 5.75 Å². The summed E-state index contributed by atoms with van der Waals surface area (Å²) < 4.78 is 5.17. The van der Waals surface area contributed by atoms with E-state index in [4.69, 9.17) is 9.84 Å². The summed E-state index contributed by atoms with van der Waals surface area (Å²) in [5.41, 5.74) is 1.47. The number of nitrogens with one attached hydrogen (secondary N) is 1. The summed E-state index contributed by atoms with van der Waals surface area (Å²) in [6.45, 7) is 2.41. The van der Waals surface area contributed by atoms with Crippen molar-refractivity contribution in [3.05, 3.63) is 35.2 Å². The fourth-order valence-electron chi connectivity index (χ4n) is 3.92. The zero-order chi connectivity index (χ0) is 23.1. The number of nitrogens with zero attached hydrogens (tertiary/aromatic N) is 1. The Morgan fingerprint density at radius 2 is 1.91 bits per heavy atom. The van der Waals surface area contributed by atoms with Gasteiger partial charge in [0, 0.05) is 23.7 Å². The minimum Gasteiger partial charge on any atom is -0.480 e. The van der Waals surface area contributed by atoms with Gasteiger partial charge in [-0.25, -0.2) is 14.4 Å². The molecule has 172 valence electrons. The van der Waals surface area contributed by atoms with Crippen molar-refractivity contribution in [3.63, 3.8) is 0 Å². The third-order valence-corrected chi connectivity index (χ3v) is 6.58. The van der Waals surface area contributed by atoms with Crippen LogP contribution in [0.5, 0.6) is 5.75 Å². The number of anilines is 1. The summed E-state index contributed by atoms with van der Waals surface area (Å²) in [4.78, 5) is 37.6. The van der Waals surface area contributed by atoms with Crippen LogP contribution in [-0.4, -0.2) is 47.9 Å². The van der Waals surface area contributed by atoms with Crippen molar-refractivity contribution in [1.29, 1.82) is 0 Å². The minimum absolute atomic E-state index is 0.0214. The summed E-state index contributed by atoms with van der Waals surface area (Å²) in [5.74, 6) is -1.89. The summed E-state index contributed by atoms with van der Waals surface area (Å²) in [6.07, 6.45) is 5.81. The van der Waals surface area contributed by atoms with Crippen LogP contribution in [0.15, 0.2) is 30.3 Å². The second-order valence-corrected chi connectivity index (χ2v) is 8.84. The highest BCUT2D eigenvalue weighted by atomic mass is 32.1. The van der Waals surface area contributed by atoms with Gasteiger partial charge in [-0.3, -0.25) is 4.90 Å². The molecule has 0 atom stereocenters. The van der Waals surface area contributed by atoms with Gasteiger partial charge in [0.05, 0.1) is 0 Å². The molecule has 8 nitrogen and oxygen atoms in total. The lowest BCUT2D eigenvalue weighted by Gasteiger charge is -2.30. The standard InChI is InChI=1S/C23H28N2O6S/c1-2-24-23(30)25(13-15-7-4-3-5-8-15)17-10-6-9-16(11-17)19-12-18(31-14-20(26)27)21(32-19)22(28)29/h6,9-12,15H,2-5,7-8,13-14H2,1H3,(H,24,30)(H,26,27)(H,28,29). The third kappa shape index (κ3) is 6.00. The molecule has 0 radical (unpaired) electrons. The Hall–Kier alpha value is -3.07. The Morgan fingerprint density at radius 3 is 2.56 bits per heavy atom. The largest absolute Gasteiger partial charge is 0.480 e. The van der Waals surface area contributed by atoms with E-state index in [-0.39, 0.29) is 16.7 Å². The number of benzene rings is 1. The lowest BCUT2D eigenvalue weighted by Crippen LogP contribution is -2.43. The SMILES string of the molecule is CCNC(=O)N(CC1CCCCC1)c1cccc(-c2cc(OCC(=O)O)c(C(=O)O)s2)c1. The van der Waals surface area contributed by atoms with Gasteiger partial charge in [-0.2, -0.15) is 0 Å². The van der Waals surface area contributed by atoms with Crippen LogP contribution in [0.1, 0.15) is 48.7 Å². The number of carbonyl (C=O) groups excluding carboxylic acids is 1. The molecule has 3 rings (SSSR count). The average molecular weight is 461 g/mol. The topological polar surface area (TPSA) is 116 Å². The second-order valence-electron chi connectivity index (χ2n) is 7.79. The van der Waals surface area contributed by atoms with Gasteiger partial charge in [-0.1, -0.05) is 31.4 Å². The first kappa shape index (κ1) is 23.6. The number of carboxylic acid groups (broad SMARTS) is 2. The molecule has 0 saturated heterocycles. The fraction of sp³-hybridized carbons (Fsp3) is 0.435. The van der Waals surface area contributed by atoms with Crippen molar-refractivity contribution in [1.82, 2.24) is 5.32 Å². The highest BCUT2D eigenvalue weighted by Gasteiger charge is 2.23. The van der Waals surface area contributed by atoms with E-state index in [1.54, 1.807) is 4.90 Å². The molecule has 2 amide bonds. The van der Waals surface area contributed by atoms with Gasteiger partial charge in [-0.15, -0.1) is 11.3 Å². The molecule has 2 aromatic rings. The zero-order valence-corrected chi connectivity index (χ0v) is 18.8. The van der Waals surface area contributed by atoms with Gasteiger partial charge in [0.15, 0.2) is 11.5 Å². The molecule has 1 aliphatic rings. The first-order chi connectivity index (χ1) is 15.4. The van der Waals surface area contributed by atoms with E-state index in [1.807, 2.05) is 31.2 Å². The molecule has 1 heterocycles. The van der Waals surface area contributed by atoms with Gasteiger partial charge in [0.2, 0.25) is 0 Å². The van der Waals surface area contributed by atoms with E-state index in [2.05, 4.69) is 5.32 Å². The van der Waals surface area contributed by atoms with Gasteiger partial charge < -0.3 is 20.3 Å². The average Bonchev–Trinajstić information content (AvgIpc) is 3.22. The molecule has 0 spiro atoms. The Morgan fingerprint density at radius 1 is 1.16 bits per heavy atom. The highest BCUT2D eigenvalue weighted by molar-refractivity contribution is 7.17. The maximum atomic E-state index is 12.8. The molecule has 9 heteroatoms. The van der Waals surface area contributed by atoms with Crippen molar-refractivity contribution < 1.29 is 29.3 Å². The maximum Gasteiger partial charge on any atom is 0.349 e. The summed E-state index contributed by atoms with van der Waals surface area (Å²) in [6, 6.07) is 8.77. The minimum atomic E-state index is -1.18. The molecule has 1 aliphatic carbocycles. The van der Waals surface area contributed by atoms with E-state index in [1.165, 1.54) is 25.3 Å². The van der Waals surface area contributed by atoms with E-state index >= 15 is 0 Å². The van der Waals surface area contributed by atoms with Crippen LogP contribution in [0.25, 0.3) is 10.4 Å². The molecular formula is C23H28N2O6S. The van der Waals surface area contributed by atoms with E-state index in [0.29, 0.717) is 23.9 Å². The molecule has 0 unspecified atom stereocenters. The Kier molecular flexibility index (Phi) is 8.10. The van der Waals surface area contributed by atoms with E-state index < -0.39 is 18.5 Å². The molecule has 32 heavy (non-hydrogen) atoms. The Labute approximate surface area is 190 Å². The number of hydrogen-bond donors (Lipinski definition) is 3. The first-order valence-electron chi connectivity index (χ1n) is 10.8. The maximum absolute atomic E-state index is 12.8. The number of carbonyl (C=O) groups is 3. The van der Waals surface area contributed by atoms with Crippen LogP contribution in [0.4, 0.5) is 10.5 Å². The summed E-state index contributed by atoms with van der Waals surface area (Å²) >= 11 is 1.01. The molecule has 3 N–H and O–H groups in total. The smallest absolute Gasteiger partial charge is 0.349 e. The number of ether oxygens (including phenoxy) is 1. The molecule has 0 aliphatic heterocycles. The van der Waals surface area contributed by atoms with E-state index in [9.17, 15) is 19.5 Å². The van der Waals surface area contributed by atoms with Crippen LogP contribution in [0, 0.1) is 5.92 Å². The van der Waals surface area contributed by atoms with Gasteiger partial charge in [-0.05, 0) is 49.4 Å². The van der Waals surface area contributed by atoms with E-state index in [0.717, 1.165) is 35.4 Å². The summed E-state index contributed by atoms with van der Waals surface area (Å²) in [5, 5.41) is 21.2. The zero-order valence-electron chi connectivity index (χ0n) is 18.0. The molecule has 1 aromatic carbocycles. The monoisotopic (exact) mass is 460 g/mol. The fourth-order valence-corrected chi connectivity index (χ4v) is 4.86. The lowest BCUT2D eigenvalue weighted by molar-refractivity contribution is -0.139. The predicted octanol–water partition coefficient (Wildman–Crippen LogP) is 4.69. The number of urea groups is 1. The van der Waals surface area contributed by atoms with Gasteiger partial charge in [0.25, 0.3) is 0 Å². The molecule has 0 bridgehead atoms. The van der Waals surface area contributed by atoms with Crippen LogP contribution in [-0.2, 0) is 4.79 Å². The van der Waals surface area contributed by atoms with Crippen LogP contribution >= 0.6 is 11.3 Å². The van der Waals surface area contributed by atoms with Gasteiger partial charge >= 0.3 is 18.0 Å². The quantitative estimate of drug-likeness (QED) is 0.500. The summed E-state index contributed by atoms with van der Waals surface area (Å²) in [7, 11) is 0. The highest BCUT2D eigenvalue weighted by Crippen LogP contribution is 2.38. The number of carboxylic acids is 2. The Bertz CT molecular complexity index is 967. The second kappa shape index (κ2) is 11.0. The van der Waals surface area contributed by atoms with Crippen molar-refractivity contribution in [3.8, 4) is 16.2 Å². The normalized spacial score (nSPS) is 14.0. The van der Waals surface area contributed by atoms with Crippen molar-refractivity contribution >= 4 is 35.0 Å². The molecule has 1 fully saturated rings. The number of aliphatic carboxylic acids is 1. The number of hydrogen-bond acceptors (Lipinski definition) is 5.